The van der Waals surface area contributed by atoms with Crippen molar-refractivity contribution >= 4 is 10.9 Å². The maximum Gasteiger partial charge on any atom is 0.299 e. The molecule has 43 heavy (non-hydrogen) atoms. The lowest BCUT2D eigenvalue weighted by Crippen LogP contribution is -2.11. The molecule has 2 aromatic heterocycles. The lowest BCUT2D eigenvalue weighted by Gasteiger charge is -2.15. The van der Waals surface area contributed by atoms with E-state index in [2.05, 4.69) is 4.98 Å². The van der Waals surface area contributed by atoms with Gasteiger partial charge in [-0.2, -0.15) is 8.78 Å². The standard InChI is InChI=1S/C37H22F2N4/c38-37(39)31-21-26(28-15-7-13-23-14-8-20-40-33(23)28)16-18-29(31)30-19-17-27(22-32(30)37)36-42-34(24-9-3-1-4-10-24)41-35(43-36)25-11-5-2-6-12-25/h1-22H. The van der Waals surface area contributed by atoms with Crippen LogP contribution < -0.4 is 0 Å². The predicted molar refractivity (Wildman–Crippen MR) is 165 cm³/mol. The molecule has 0 atom stereocenters. The summed E-state index contributed by atoms with van der Waals surface area (Å²) in [5.74, 6) is -1.90. The van der Waals surface area contributed by atoms with Gasteiger partial charge in [-0.1, -0.05) is 109 Å². The molecular formula is C37H22F2N4. The molecule has 2 heterocycles. The zero-order chi connectivity index (χ0) is 29.0. The fraction of sp³-hybridized carbons (Fsp3) is 0.0270. The van der Waals surface area contributed by atoms with Gasteiger partial charge in [-0.05, 0) is 34.9 Å². The monoisotopic (exact) mass is 560 g/mol. The summed E-state index contributed by atoms with van der Waals surface area (Å²) in [5.41, 5.74) is 5.39. The summed E-state index contributed by atoms with van der Waals surface area (Å²) in [6.45, 7) is 0. The number of hydrogen-bond acceptors (Lipinski definition) is 4. The van der Waals surface area contributed by atoms with Crippen molar-refractivity contribution in [1.29, 1.82) is 0 Å². The molecule has 0 amide bonds. The topological polar surface area (TPSA) is 51.6 Å². The van der Waals surface area contributed by atoms with E-state index in [9.17, 15) is 0 Å². The van der Waals surface area contributed by atoms with E-state index < -0.39 is 5.92 Å². The lowest BCUT2D eigenvalue weighted by atomic mass is 9.96. The molecule has 0 radical (unpaired) electrons. The van der Waals surface area contributed by atoms with Crippen molar-refractivity contribution in [3.8, 4) is 56.4 Å². The summed E-state index contributed by atoms with van der Waals surface area (Å²) in [5, 5.41) is 0.960. The van der Waals surface area contributed by atoms with Crippen LogP contribution in [0.25, 0.3) is 67.3 Å². The van der Waals surface area contributed by atoms with Gasteiger partial charge >= 0.3 is 0 Å². The Morgan fingerprint density at radius 1 is 0.442 bits per heavy atom. The number of para-hydroxylation sites is 1. The van der Waals surface area contributed by atoms with E-state index in [0.29, 0.717) is 39.7 Å². The minimum Gasteiger partial charge on any atom is -0.256 e. The number of hydrogen-bond donors (Lipinski definition) is 0. The van der Waals surface area contributed by atoms with Gasteiger partial charge < -0.3 is 0 Å². The van der Waals surface area contributed by atoms with Crippen molar-refractivity contribution in [2.45, 2.75) is 5.92 Å². The van der Waals surface area contributed by atoms with Gasteiger partial charge in [0.05, 0.1) is 5.52 Å². The number of nitrogens with zero attached hydrogens (tertiary/aromatic N) is 4. The number of alkyl halides is 2. The summed E-state index contributed by atoms with van der Waals surface area (Å²) < 4.78 is 32.5. The lowest BCUT2D eigenvalue weighted by molar-refractivity contribution is 0.0481. The molecule has 0 aliphatic heterocycles. The molecule has 1 aliphatic rings. The molecule has 204 valence electrons. The smallest absolute Gasteiger partial charge is 0.256 e. The summed E-state index contributed by atoms with van der Waals surface area (Å²) in [7, 11) is 0. The van der Waals surface area contributed by atoms with E-state index in [1.54, 1.807) is 24.4 Å². The number of rotatable bonds is 4. The average molecular weight is 561 g/mol. The number of pyridine rings is 1. The fourth-order valence-electron chi connectivity index (χ4n) is 5.80. The Kier molecular flexibility index (Phi) is 5.69. The van der Waals surface area contributed by atoms with Crippen LogP contribution in [-0.2, 0) is 5.92 Å². The molecule has 0 fully saturated rings. The number of aromatic nitrogens is 4. The third-order valence-corrected chi connectivity index (χ3v) is 7.91. The van der Waals surface area contributed by atoms with Gasteiger partial charge in [-0.3, -0.25) is 4.98 Å². The Labute approximate surface area is 246 Å². The third kappa shape index (κ3) is 4.18. The van der Waals surface area contributed by atoms with E-state index in [-0.39, 0.29) is 11.1 Å². The van der Waals surface area contributed by atoms with E-state index in [1.165, 1.54) is 6.07 Å². The molecule has 0 saturated carbocycles. The third-order valence-electron chi connectivity index (χ3n) is 7.91. The maximum atomic E-state index is 16.3. The van der Waals surface area contributed by atoms with E-state index in [1.807, 2.05) is 103 Å². The molecule has 0 saturated heterocycles. The van der Waals surface area contributed by atoms with Crippen molar-refractivity contribution in [3.05, 3.63) is 145 Å². The first-order valence-corrected chi connectivity index (χ1v) is 13.9. The Morgan fingerprint density at radius 2 is 0.977 bits per heavy atom. The quantitative estimate of drug-likeness (QED) is 0.215. The van der Waals surface area contributed by atoms with Crippen LogP contribution in [0.4, 0.5) is 8.78 Å². The van der Waals surface area contributed by atoms with Crippen LogP contribution in [0.1, 0.15) is 11.1 Å². The largest absolute Gasteiger partial charge is 0.299 e. The van der Waals surface area contributed by atoms with Crippen LogP contribution >= 0.6 is 0 Å². The van der Waals surface area contributed by atoms with Gasteiger partial charge in [0.15, 0.2) is 17.5 Å². The first-order valence-electron chi connectivity index (χ1n) is 13.9. The molecule has 5 aromatic carbocycles. The average Bonchev–Trinajstić information content (AvgIpc) is 3.30. The molecular weight excluding hydrogens is 538 g/mol. The Morgan fingerprint density at radius 3 is 1.60 bits per heavy atom. The van der Waals surface area contributed by atoms with Gasteiger partial charge in [0.25, 0.3) is 5.92 Å². The molecule has 1 aliphatic carbocycles. The zero-order valence-electron chi connectivity index (χ0n) is 22.7. The van der Waals surface area contributed by atoms with Crippen LogP contribution in [0.15, 0.2) is 134 Å². The highest BCUT2D eigenvalue weighted by Gasteiger charge is 2.44. The highest BCUT2D eigenvalue weighted by Crippen LogP contribution is 2.52. The van der Waals surface area contributed by atoms with E-state index in [4.69, 9.17) is 15.0 Å². The van der Waals surface area contributed by atoms with Crippen LogP contribution in [0, 0.1) is 0 Å². The molecule has 0 spiro atoms. The van der Waals surface area contributed by atoms with Crippen molar-refractivity contribution in [2.75, 3.05) is 0 Å². The minimum atomic E-state index is -3.20. The van der Waals surface area contributed by atoms with Crippen LogP contribution in [0.2, 0.25) is 0 Å². The van der Waals surface area contributed by atoms with Crippen LogP contribution in [-0.4, -0.2) is 19.9 Å². The Hall–Kier alpha value is -5.62. The van der Waals surface area contributed by atoms with Crippen LogP contribution in [0.5, 0.6) is 0 Å². The Bertz CT molecular complexity index is 2100. The first kappa shape index (κ1) is 25.1. The highest BCUT2D eigenvalue weighted by molar-refractivity contribution is 5.95. The van der Waals surface area contributed by atoms with Crippen molar-refractivity contribution in [2.24, 2.45) is 0 Å². The molecule has 7 aromatic rings. The first-order chi connectivity index (χ1) is 21.1. The normalized spacial score (nSPS) is 13.1. The molecule has 6 heteroatoms. The molecule has 4 nitrogen and oxygen atoms in total. The zero-order valence-corrected chi connectivity index (χ0v) is 22.7. The molecule has 0 N–H and O–H groups in total. The van der Waals surface area contributed by atoms with E-state index >= 15 is 8.78 Å². The van der Waals surface area contributed by atoms with Crippen molar-refractivity contribution in [1.82, 2.24) is 19.9 Å². The maximum absolute atomic E-state index is 16.3. The number of benzene rings is 5. The van der Waals surface area contributed by atoms with Gasteiger partial charge in [-0.15, -0.1) is 0 Å². The molecule has 0 unspecified atom stereocenters. The SMILES string of the molecule is FC1(F)c2cc(-c3nc(-c4ccccc4)nc(-c4ccccc4)n3)ccc2-c2ccc(-c3cccc4cccnc34)cc21. The minimum absolute atomic E-state index is 0.0179. The van der Waals surface area contributed by atoms with Gasteiger partial charge in [0.1, 0.15) is 0 Å². The van der Waals surface area contributed by atoms with E-state index in [0.717, 1.165) is 27.6 Å². The number of fused-ring (bicyclic) bond motifs is 4. The summed E-state index contributed by atoms with van der Waals surface area (Å²) in [4.78, 5) is 18.7. The highest BCUT2D eigenvalue weighted by atomic mass is 19.3. The molecule has 0 bridgehead atoms. The van der Waals surface area contributed by atoms with Crippen molar-refractivity contribution in [3.63, 3.8) is 0 Å². The predicted octanol–water partition coefficient (Wildman–Crippen LogP) is 9.21. The van der Waals surface area contributed by atoms with Gasteiger partial charge in [-0.25, -0.2) is 15.0 Å². The van der Waals surface area contributed by atoms with Gasteiger partial charge in [0.2, 0.25) is 0 Å². The number of halogens is 2. The summed E-state index contributed by atoms with van der Waals surface area (Å²) in [6.07, 6.45) is 1.72. The second-order valence-corrected chi connectivity index (χ2v) is 10.5. The van der Waals surface area contributed by atoms with Crippen molar-refractivity contribution < 1.29 is 8.78 Å². The second-order valence-electron chi connectivity index (χ2n) is 10.5. The second kappa shape index (κ2) is 9.74. The Balaban J connectivity index is 1.25. The van der Waals surface area contributed by atoms with Gasteiger partial charge in [0, 0.05) is 45.0 Å². The van der Waals surface area contributed by atoms with Crippen LogP contribution in [0.3, 0.4) is 0 Å². The summed E-state index contributed by atoms with van der Waals surface area (Å²) >= 11 is 0. The summed E-state index contributed by atoms with van der Waals surface area (Å²) in [6, 6.07) is 39.2. The molecule has 8 rings (SSSR count). The fourth-order valence-corrected chi connectivity index (χ4v) is 5.80.